The number of carbonyl (C=O) groups excluding carboxylic acids is 2. The molecule has 1 amide bonds. The van der Waals surface area contributed by atoms with E-state index >= 15 is 0 Å². The third-order valence-electron chi connectivity index (χ3n) is 5.10. The third kappa shape index (κ3) is 3.89. The van der Waals surface area contributed by atoms with Gasteiger partial charge in [0.05, 0.1) is 7.11 Å². The number of aliphatic imine (C=N–C) groups is 1. The van der Waals surface area contributed by atoms with Crippen molar-refractivity contribution in [1.82, 2.24) is 20.2 Å². The Morgan fingerprint density at radius 2 is 1.69 bits per heavy atom. The molecule has 4 rings (SSSR count). The van der Waals surface area contributed by atoms with E-state index in [4.69, 9.17) is 9.73 Å². The first-order valence-electron chi connectivity index (χ1n) is 9.45. The van der Waals surface area contributed by atoms with Gasteiger partial charge in [0.15, 0.2) is 5.92 Å². The van der Waals surface area contributed by atoms with E-state index in [1.807, 2.05) is 35.2 Å². The minimum atomic E-state index is -1.01. The smallest absolute Gasteiger partial charge is 0.320 e. The Kier molecular flexibility index (Phi) is 5.37. The van der Waals surface area contributed by atoms with Gasteiger partial charge in [0.25, 0.3) is 0 Å². The lowest BCUT2D eigenvalue weighted by Gasteiger charge is -2.38. The van der Waals surface area contributed by atoms with E-state index in [1.165, 1.54) is 7.11 Å². The summed E-state index contributed by atoms with van der Waals surface area (Å²) >= 11 is 0. The lowest BCUT2D eigenvalue weighted by Crippen LogP contribution is -2.57. The number of guanidine groups is 1. The molecule has 1 fully saturated rings. The molecule has 2 atom stereocenters. The molecule has 9 nitrogen and oxygen atoms in total. The number of ether oxygens (including phenoxy) is 1. The topological polar surface area (TPSA) is 100 Å². The second-order valence-electron chi connectivity index (χ2n) is 6.82. The molecule has 1 aromatic heterocycles. The van der Waals surface area contributed by atoms with Crippen LogP contribution in [0.1, 0.15) is 11.6 Å². The van der Waals surface area contributed by atoms with Gasteiger partial charge in [-0.15, -0.1) is 0 Å². The Morgan fingerprint density at radius 1 is 1.03 bits per heavy atom. The molecule has 9 heteroatoms. The van der Waals surface area contributed by atoms with Crippen LogP contribution in [0.5, 0.6) is 0 Å². The zero-order chi connectivity index (χ0) is 20.2. The highest BCUT2D eigenvalue weighted by atomic mass is 16.5. The van der Waals surface area contributed by atoms with Gasteiger partial charge in [0, 0.05) is 38.6 Å². The van der Waals surface area contributed by atoms with Gasteiger partial charge in [0.1, 0.15) is 6.04 Å². The molecule has 2 aromatic rings. The maximum Gasteiger partial charge on any atom is 0.320 e. The molecule has 2 unspecified atom stereocenters. The zero-order valence-corrected chi connectivity index (χ0v) is 16.1. The molecular weight excluding hydrogens is 372 g/mol. The van der Waals surface area contributed by atoms with E-state index in [2.05, 4.69) is 20.2 Å². The quantitative estimate of drug-likeness (QED) is 0.602. The molecule has 2 aliphatic heterocycles. The number of hydrogen-bond donors (Lipinski definition) is 1. The first kappa shape index (κ1) is 18.9. The van der Waals surface area contributed by atoms with Crippen LogP contribution < -0.4 is 10.2 Å². The highest BCUT2D eigenvalue weighted by Crippen LogP contribution is 2.30. The summed E-state index contributed by atoms with van der Waals surface area (Å²) in [5.41, 5.74) is 0.798. The van der Waals surface area contributed by atoms with Crippen molar-refractivity contribution in [2.75, 3.05) is 38.2 Å². The van der Waals surface area contributed by atoms with E-state index in [0.717, 1.165) is 5.56 Å². The summed E-state index contributed by atoms with van der Waals surface area (Å²) in [6.45, 7) is 2.72. The van der Waals surface area contributed by atoms with Crippen molar-refractivity contribution < 1.29 is 14.3 Å². The summed E-state index contributed by atoms with van der Waals surface area (Å²) < 4.78 is 4.85. The lowest BCUT2D eigenvalue weighted by molar-refractivity contribution is -0.151. The molecule has 1 saturated heterocycles. The fraction of sp³-hybridized carbons (Fsp3) is 0.350. The standard InChI is InChI=1S/C20H22N6O3/c1-29-18(28)15-16(14-6-3-2-4-7-14)23-20(24-17(15)27)26-12-10-25(11-13-26)19-21-8-5-9-22-19/h2-9,15-16H,10-13H2,1H3,(H,23,24,27). The van der Waals surface area contributed by atoms with Gasteiger partial charge in [0.2, 0.25) is 17.8 Å². The fourth-order valence-electron chi connectivity index (χ4n) is 3.58. The molecule has 150 valence electrons. The summed E-state index contributed by atoms with van der Waals surface area (Å²) in [6, 6.07) is 10.5. The number of nitrogens with zero attached hydrogens (tertiary/aromatic N) is 5. The number of benzene rings is 1. The van der Waals surface area contributed by atoms with Crippen LogP contribution in [-0.4, -0.2) is 66.0 Å². The van der Waals surface area contributed by atoms with Crippen molar-refractivity contribution in [1.29, 1.82) is 0 Å². The van der Waals surface area contributed by atoms with Gasteiger partial charge in [-0.05, 0) is 11.6 Å². The number of aromatic nitrogens is 2. The van der Waals surface area contributed by atoms with Crippen molar-refractivity contribution in [2.45, 2.75) is 6.04 Å². The molecule has 1 aromatic carbocycles. The SMILES string of the molecule is COC(=O)C1C(=O)NC(N2CCN(c3ncccn3)CC2)=NC1c1ccccc1. The molecule has 29 heavy (non-hydrogen) atoms. The minimum Gasteiger partial charge on any atom is -0.468 e. The number of piperazine rings is 1. The first-order chi connectivity index (χ1) is 14.2. The van der Waals surface area contributed by atoms with E-state index in [-0.39, 0.29) is 0 Å². The second-order valence-corrected chi connectivity index (χ2v) is 6.82. The Hall–Kier alpha value is -3.49. The third-order valence-corrected chi connectivity index (χ3v) is 5.10. The van der Waals surface area contributed by atoms with Crippen LogP contribution in [0.25, 0.3) is 0 Å². The summed E-state index contributed by atoms with van der Waals surface area (Å²) in [6.07, 6.45) is 3.44. The van der Waals surface area contributed by atoms with Crippen LogP contribution >= 0.6 is 0 Å². The average molecular weight is 394 g/mol. The first-order valence-corrected chi connectivity index (χ1v) is 9.45. The monoisotopic (exact) mass is 394 g/mol. The molecule has 2 aliphatic rings. The predicted octanol–water partition coefficient (Wildman–Crippen LogP) is 0.615. The Balaban J connectivity index is 1.55. The highest BCUT2D eigenvalue weighted by Gasteiger charge is 2.42. The maximum atomic E-state index is 12.8. The van der Waals surface area contributed by atoms with Gasteiger partial charge in [-0.25, -0.2) is 15.0 Å². The molecule has 0 radical (unpaired) electrons. The van der Waals surface area contributed by atoms with Gasteiger partial charge in [-0.1, -0.05) is 30.3 Å². The lowest BCUT2D eigenvalue weighted by atomic mass is 9.91. The van der Waals surface area contributed by atoms with Crippen molar-refractivity contribution in [3.05, 3.63) is 54.4 Å². The number of rotatable bonds is 3. The van der Waals surface area contributed by atoms with Crippen LogP contribution in [0.4, 0.5) is 5.95 Å². The molecule has 1 N–H and O–H groups in total. The Bertz CT molecular complexity index is 897. The van der Waals surface area contributed by atoms with Crippen LogP contribution in [0.3, 0.4) is 0 Å². The van der Waals surface area contributed by atoms with Gasteiger partial charge in [-0.3, -0.25) is 14.9 Å². The number of nitrogens with one attached hydrogen (secondary N) is 1. The van der Waals surface area contributed by atoms with Crippen molar-refractivity contribution in [3.8, 4) is 0 Å². The molecular formula is C20H22N6O3. The normalized spacial score (nSPS) is 22.0. The number of hydrogen-bond acceptors (Lipinski definition) is 8. The average Bonchev–Trinajstić information content (AvgIpc) is 2.79. The Labute approximate surface area is 168 Å². The van der Waals surface area contributed by atoms with Crippen LogP contribution in [0.2, 0.25) is 0 Å². The number of anilines is 1. The molecule has 0 saturated carbocycles. The summed E-state index contributed by atoms with van der Waals surface area (Å²) in [5.74, 6) is -0.827. The Morgan fingerprint density at radius 3 is 2.34 bits per heavy atom. The minimum absolute atomic E-state index is 0.399. The maximum absolute atomic E-state index is 12.8. The summed E-state index contributed by atoms with van der Waals surface area (Å²) in [7, 11) is 1.28. The van der Waals surface area contributed by atoms with Gasteiger partial charge >= 0.3 is 5.97 Å². The molecule has 0 spiro atoms. The predicted molar refractivity (Wildman–Crippen MR) is 106 cm³/mol. The van der Waals surface area contributed by atoms with Crippen molar-refractivity contribution in [2.24, 2.45) is 10.9 Å². The number of carbonyl (C=O) groups is 2. The van der Waals surface area contributed by atoms with Crippen molar-refractivity contribution >= 4 is 23.8 Å². The largest absolute Gasteiger partial charge is 0.468 e. The summed E-state index contributed by atoms with van der Waals surface area (Å²) in [4.78, 5) is 42.4. The second kappa shape index (κ2) is 8.26. The van der Waals surface area contributed by atoms with E-state index < -0.39 is 23.8 Å². The van der Waals surface area contributed by atoms with Crippen LogP contribution in [0, 0.1) is 5.92 Å². The highest BCUT2D eigenvalue weighted by molar-refractivity contribution is 6.08. The van der Waals surface area contributed by atoms with Crippen molar-refractivity contribution in [3.63, 3.8) is 0 Å². The fourth-order valence-corrected chi connectivity index (χ4v) is 3.58. The van der Waals surface area contributed by atoms with Gasteiger partial charge < -0.3 is 14.5 Å². The molecule has 3 heterocycles. The molecule has 0 aliphatic carbocycles. The number of amides is 1. The number of esters is 1. The zero-order valence-electron chi connectivity index (χ0n) is 16.1. The van der Waals surface area contributed by atoms with E-state index in [9.17, 15) is 9.59 Å². The van der Waals surface area contributed by atoms with E-state index in [1.54, 1.807) is 18.5 Å². The van der Waals surface area contributed by atoms with Gasteiger partial charge in [-0.2, -0.15) is 0 Å². The van der Waals surface area contributed by atoms with Crippen LogP contribution in [0.15, 0.2) is 53.8 Å². The van der Waals surface area contributed by atoms with Crippen LogP contribution in [-0.2, 0) is 14.3 Å². The molecule has 0 bridgehead atoms. The summed E-state index contributed by atoms with van der Waals surface area (Å²) in [5, 5.41) is 2.79. The van der Waals surface area contributed by atoms with E-state index in [0.29, 0.717) is 38.1 Å². The number of methoxy groups -OCH3 is 1.